The fraction of sp³-hybridized carbons (Fsp3) is 0.357. The van der Waals surface area contributed by atoms with Crippen LogP contribution in [0.4, 0.5) is 8.78 Å². The number of hydrogen-bond acceptors (Lipinski definition) is 3. The molecule has 6 heteroatoms. The van der Waals surface area contributed by atoms with Gasteiger partial charge in [0.1, 0.15) is 5.82 Å². The van der Waals surface area contributed by atoms with E-state index in [-0.39, 0.29) is 6.04 Å². The van der Waals surface area contributed by atoms with Crippen molar-refractivity contribution in [3.63, 3.8) is 0 Å². The van der Waals surface area contributed by atoms with Gasteiger partial charge in [-0.25, -0.2) is 4.98 Å². The molecule has 3 nitrogen and oxygen atoms in total. The van der Waals surface area contributed by atoms with Crippen LogP contribution in [-0.2, 0) is 6.54 Å². The van der Waals surface area contributed by atoms with Crippen molar-refractivity contribution in [2.75, 3.05) is 6.26 Å². The van der Waals surface area contributed by atoms with Gasteiger partial charge in [-0.05, 0) is 24.8 Å². The summed E-state index contributed by atoms with van der Waals surface area (Å²) in [5.74, 6) is 0.341. The minimum Gasteiger partial charge on any atom is -0.303 e. The highest BCUT2D eigenvalue weighted by Gasteiger charge is 2.13. The van der Waals surface area contributed by atoms with Gasteiger partial charge in [-0.2, -0.15) is 8.78 Å². The zero-order valence-electron chi connectivity index (χ0n) is 11.4. The molecule has 1 heterocycles. The Kier molecular flexibility index (Phi) is 5.14. The number of alkyl halides is 2. The summed E-state index contributed by atoms with van der Waals surface area (Å²) >= 11 is 1.67. The van der Waals surface area contributed by atoms with Crippen LogP contribution < -0.4 is 5.32 Å². The third-order valence-corrected chi connectivity index (χ3v) is 3.94. The van der Waals surface area contributed by atoms with Crippen molar-refractivity contribution < 1.29 is 8.78 Å². The maximum absolute atomic E-state index is 12.7. The quantitative estimate of drug-likeness (QED) is 0.821. The largest absolute Gasteiger partial charge is 0.319 e. The fourth-order valence-corrected chi connectivity index (χ4v) is 2.73. The summed E-state index contributed by atoms with van der Waals surface area (Å²) in [4.78, 5) is 5.15. The molecule has 0 radical (unpaired) electrons. The first-order chi connectivity index (χ1) is 9.63. The summed E-state index contributed by atoms with van der Waals surface area (Å²) < 4.78 is 26.3. The van der Waals surface area contributed by atoms with E-state index in [4.69, 9.17) is 0 Å². The highest BCUT2D eigenvalue weighted by Crippen LogP contribution is 2.25. The van der Waals surface area contributed by atoms with Crippen molar-refractivity contribution in [2.24, 2.45) is 0 Å². The van der Waals surface area contributed by atoms with Crippen molar-refractivity contribution in [1.29, 1.82) is 0 Å². The maximum Gasteiger partial charge on any atom is 0.319 e. The van der Waals surface area contributed by atoms with Crippen molar-refractivity contribution >= 4 is 11.8 Å². The van der Waals surface area contributed by atoms with E-state index in [0.717, 1.165) is 10.1 Å². The molecule has 1 aromatic carbocycles. The molecule has 20 heavy (non-hydrogen) atoms. The van der Waals surface area contributed by atoms with Gasteiger partial charge >= 0.3 is 6.55 Å². The Bertz CT molecular complexity index is 557. The molecule has 0 amide bonds. The first-order valence-corrected chi connectivity index (χ1v) is 7.52. The summed E-state index contributed by atoms with van der Waals surface area (Å²) in [5, 5.41) is 3.24. The molecular formula is C14H17F2N3S. The molecule has 2 aromatic rings. The molecule has 1 N–H and O–H groups in total. The molecule has 0 spiro atoms. The van der Waals surface area contributed by atoms with E-state index in [9.17, 15) is 8.78 Å². The van der Waals surface area contributed by atoms with Crippen molar-refractivity contribution in [3.05, 3.63) is 48.0 Å². The summed E-state index contributed by atoms with van der Waals surface area (Å²) in [6, 6.07) is 8.14. The van der Waals surface area contributed by atoms with Crippen LogP contribution in [0, 0.1) is 0 Å². The molecular weight excluding hydrogens is 280 g/mol. The van der Waals surface area contributed by atoms with Crippen molar-refractivity contribution in [1.82, 2.24) is 14.9 Å². The Morgan fingerprint density at radius 2 is 2.10 bits per heavy atom. The number of thioether (sulfide) groups is 1. The van der Waals surface area contributed by atoms with E-state index >= 15 is 0 Å². The first-order valence-electron chi connectivity index (χ1n) is 6.29. The van der Waals surface area contributed by atoms with Gasteiger partial charge in [-0.1, -0.05) is 18.2 Å². The minimum atomic E-state index is -2.55. The number of halogens is 2. The number of hydrogen-bond donors (Lipinski definition) is 1. The Hall–Kier alpha value is -1.40. The SMILES string of the molecule is CSc1ccccc1[C@H](C)NCc1nccn1C(F)F. The molecule has 0 saturated carbocycles. The molecule has 0 aliphatic carbocycles. The van der Waals surface area contributed by atoms with E-state index in [0.29, 0.717) is 12.4 Å². The number of aromatic nitrogens is 2. The van der Waals surface area contributed by atoms with Gasteiger partial charge in [-0.15, -0.1) is 11.8 Å². The summed E-state index contributed by atoms with van der Waals surface area (Å²) in [6.45, 7) is -0.227. The molecule has 0 fully saturated rings. The molecule has 0 bridgehead atoms. The monoisotopic (exact) mass is 297 g/mol. The predicted molar refractivity (Wildman–Crippen MR) is 77.0 cm³/mol. The highest BCUT2D eigenvalue weighted by molar-refractivity contribution is 7.98. The number of imidazole rings is 1. The topological polar surface area (TPSA) is 29.9 Å². The maximum atomic E-state index is 12.7. The van der Waals surface area contributed by atoms with Gasteiger partial charge in [-0.3, -0.25) is 4.57 Å². The average Bonchev–Trinajstić information content (AvgIpc) is 2.93. The predicted octanol–water partition coefficient (Wildman–Crippen LogP) is 3.85. The van der Waals surface area contributed by atoms with Crippen molar-refractivity contribution in [3.8, 4) is 0 Å². The Labute approximate surface area is 121 Å². The molecule has 0 aliphatic rings. The molecule has 108 valence electrons. The number of rotatable bonds is 6. The second-order valence-corrected chi connectivity index (χ2v) is 5.22. The second kappa shape index (κ2) is 6.85. The van der Waals surface area contributed by atoms with Crippen molar-refractivity contribution in [2.45, 2.75) is 31.0 Å². The van der Waals surface area contributed by atoms with Crippen LogP contribution in [-0.4, -0.2) is 15.8 Å². The van der Waals surface area contributed by atoms with Crippen LogP contribution in [0.25, 0.3) is 0 Å². The smallest absolute Gasteiger partial charge is 0.303 e. The summed E-state index contributed by atoms with van der Waals surface area (Å²) in [7, 11) is 0. The van der Waals surface area contributed by atoms with Crippen LogP contribution in [0.15, 0.2) is 41.6 Å². The van der Waals surface area contributed by atoms with E-state index in [1.165, 1.54) is 17.3 Å². The molecule has 2 rings (SSSR count). The van der Waals surface area contributed by atoms with Crippen LogP contribution >= 0.6 is 11.8 Å². The minimum absolute atomic E-state index is 0.0708. The number of benzene rings is 1. The molecule has 1 atom stereocenters. The normalized spacial score (nSPS) is 12.8. The lowest BCUT2D eigenvalue weighted by molar-refractivity contribution is 0.0665. The third kappa shape index (κ3) is 3.37. The zero-order chi connectivity index (χ0) is 14.5. The molecule has 0 saturated heterocycles. The van der Waals surface area contributed by atoms with E-state index in [2.05, 4.69) is 16.4 Å². The van der Waals surface area contributed by atoms with Crippen LogP contribution in [0.5, 0.6) is 0 Å². The second-order valence-electron chi connectivity index (χ2n) is 4.37. The molecule has 1 aromatic heterocycles. The Balaban J connectivity index is 2.05. The average molecular weight is 297 g/mol. The van der Waals surface area contributed by atoms with E-state index in [1.54, 1.807) is 11.8 Å². The van der Waals surface area contributed by atoms with Gasteiger partial charge in [0.05, 0.1) is 6.54 Å². The number of nitrogens with one attached hydrogen (secondary N) is 1. The lowest BCUT2D eigenvalue weighted by Gasteiger charge is -2.17. The molecule has 0 unspecified atom stereocenters. The Morgan fingerprint density at radius 3 is 2.80 bits per heavy atom. The lowest BCUT2D eigenvalue weighted by Crippen LogP contribution is -2.21. The van der Waals surface area contributed by atoms with Gasteiger partial charge in [0.25, 0.3) is 0 Å². The highest BCUT2D eigenvalue weighted by atomic mass is 32.2. The van der Waals surface area contributed by atoms with Gasteiger partial charge in [0, 0.05) is 23.3 Å². The van der Waals surface area contributed by atoms with Gasteiger partial charge in [0.2, 0.25) is 0 Å². The third-order valence-electron chi connectivity index (χ3n) is 3.13. The lowest BCUT2D eigenvalue weighted by atomic mass is 10.1. The van der Waals surface area contributed by atoms with Crippen LogP contribution in [0.1, 0.15) is 30.9 Å². The fourth-order valence-electron chi connectivity index (χ4n) is 2.04. The standard InChI is InChI=1S/C14H17F2N3S/c1-10(11-5-3-4-6-12(11)20-2)18-9-13-17-7-8-19(13)14(15)16/h3-8,10,14,18H,9H2,1-2H3/t10-/m0/s1. The molecule has 0 aliphatic heterocycles. The van der Waals surface area contributed by atoms with E-state index in [1.807, 2.05) is 31.4 Å². The summed E-state index contributed by atoms with van der Waals surface area (Å²) in [5.41, 5.74) is 1.16. The first kappa shape index (κ1) is 15.0. The Morgan fingerprint density at radius 1 is 1.35 bits per heavy atom. The van der Waals surface area contributed by atoms with Gasteiger partial charge in [0.15, 0.2) is 0 Å². The van der Waals surface area contributed by atoms with Gasteiger partial charge < -0.3 is 5.32 Å². The zero-order valence-corrected chi connectivity index (χ0v) is 12.2. The number of nitrogens with zero attached hydrogens (tertiary/aromatic N) is 2. The summed E-state index contributed by atoms with van der Waals surface area (Å²) in [6.07, 6.45) is 4.71. The van der Waals surface area contributed by atoms with Crippen LogP contribution in [0.3, 0.4) is 0 Å². The van der Waals surface area contributed by atoms with E-state index < -0.39 is 6.55 Å². The van der Waals surface area contributed by atoms with Crippen LogP contribution in [0.2, 0.25) is 0 Å².